The van der Waals surface area contributed by atoms with Crippen molar-refractivity contribution in [1.29, 1.82) is 0 Å². The normalized spacial score (nSPS) is 13.8. The Morgan fingerprint density at radius 3 is 2.55 bits per heavy atom. The van der Waals surface area contributed by atoms with Gasteiger partial charge in [-0.05, 0) is 31.4 Å². The number of para-hydroxylation sites is 1. The summed E-state index contributed by atoms with van der Waals surface area (Å²) in [6.07, 6.45) is 5.43. The Morgan fingerprint density at radius 1 is 1.20 bits per heavy atom. The number of amides is 1. The average Bonchev–Trinajstić information content (AvgIpc) is 3.26. The predicted octanol–water partition coefficient (Wildman–Crippen LogP) is 2.61. The van der Waals surface area contributed by atoms with Crippen molar-refractivity contribution in [2.24, 2.45) is 0 Å². The molecular formula is C15H16N4O. The van der Waals surface area contributed by atoms with Gasteiger partial charge in [-0.25, -0.2) is 9.97 Å². The second-order valence-corrected chi connectivity index (χ2v) is 4.98. The van der Waals surface area contributed by atoms with Crippen molar-refractivity contribution in [3.8, 4) is 0 Å². The first-order valence-corrected chi connectivity index (χ1v) is 6.68. The van der Waals surface area contributed by atoms with E-state index in [0.717, 1.165) is 11.3 Å². The zero-order valence-corrected chi connectivity index (χ0v) is 11.3. The molecule has 1 saturated carbocycles. The summed E-state index contributed by atoms with van der Waals surface area (Å²) in [6.45, 7) is 1.95. The average molecular weight is 268 g/mol. The van der Waals surface area contributed by atoms with Crippen LogP contribution in [0.15, 0.2) is 36.7 Å². The molecule has 1 aromatic carbocycles. The molecule has 5 nitrogen and oxygen atoms in total. The molecule has 0 atom stereocenters. The van der Waals surface area contributed by atoms with Gasteiger partial charge in [0.05, 0.1) is 5.56 Å². The van der Waals surface area contributed by atoms with Crippen LogP contribution in [0.5, 0.6) is 0 Å². The summed E-state index contributed by atoms with van der Waals surface area (Å²) < 4.78 is 0. The fourth-order valence-corrected chi connectivity index (χ4v) is 1.84. The molecule has 1 amide bonds. The molecule has 2 aromatic rings. The molecule has 0 saturated heterocycles. The lowest BCUT2D eigenvalue weighted by atomic mass is 10.2. The van der Waals surface area contributed by atoms with Gasteiger partial charge in [0.15, 0.2) is 0 Å². The van der Waals surface area contributed by atoms with Gasteiger partial charge < -0.3 is 10.6 Å². The van der Waals surface area contributed by atoms with E-state index in [9.17, 15) is 4.79 Å². The number of carbonyl (C=O) groups is 1. The highest BCUT2D eigenvalue weighted by atomic mass is 16.1. The van der Waals surface area contributed by atoms with E-state index >= 15 is 0 Å². The lowest BCUT2D eigenvalue weighted by Gasteiger charge is -2.08. The molecule has 3 rings (SSSR count). The maximum Gasteiger partial charge on any atom is 0.258 e. The fourth-order valence-electron chi connectivity index (χ4n) is 1.84. The second-order valence-electron chi connectivity index (χ2n) is 4.98. The second kappa shape index (κ2) is 5.28. The number of carbonyl (C=O) groups excluding carboxylic acids is 1. The van der Waals surface area contributed by atoms with Crippen molar-refractivity contribution in [3.05, 3.63) is 47.8 Å². The summed E-state index contributed by atoms with van der Waals surface area (Å²) in [6, 6.07) is 8.15. The van der Waals surface area contributed by atoms with E-state index in [0.29, 0.717) is 17.6 Å². The number of benzene rings is 1. The Bertz CT molecular complexity index is 620. The highest BCUT2D eigenvalue weighted by molar-refractivity contribution is 6.04. The number of aromatic nitrogens is 2. The first-order valence-electron chi connectivity index (χ1n) is 6.68. The highest BCUT2D eigenvalue weighted by Crippen LogP contribution is 2.22. The van der Waals surface area contributed by atoms with Gasteiger partial charge in [-0.15, -0.1) is 0 Å². The number of nitrogens with one attached hydrogen (secondary N) is 2. The molecule has 1 fully saturated rings. The molecule has 2 N–H and O–H groups in total. The molecule has 0 radical (unpaired) electrons. The van der Waals surface area contributed by atoms with Crippen LogP contribution in [-0.2, 0) is 0 Å². The molecule has 0 aliphatic heterocycles. The molecule has 1 aliphatic carbocycles. The summed E-state index contributed by atoms with van der Waals surface area (Å²) in [7, 11) is 0. The summed E-state index contributed by atoms with van der Waals surface area (Å²) in [5.41, 5.74) is 2.28. The smallest absolute Gasteiger partial charge is 0.258 e. The van der Waals surface area contributed by atoms with Crippen LogP contribution < -0.4 is 10.6 Å². The number of nitrogens with zero attached hydrogens (tertiary/aromatic N) is 2. The van der Waals surface area contributed by atoms with E-state index in [-0.39, 0.29) is 5.91 Å². The predicted molar refractivity (Wildman–Crippen MR) is 77.8 cm³/mol. The minimum Gasteiger partial charge on any atom is -0.351 e. The molecule has 1 aliphatic rings. The van der Waals surface area contributed by atoms with Gasteiger partial charge in [0.1, 0.15) is 0 Å². The lowest BCUT2D eigenvalue weighted by molar-refractivity contribution is 0.102. The van der Waals surface area contributed by atoms with Crippen LogP contribution in [0.1, 0.15) is 28.8 Å². The minimum absolute atomic E-state index is 0.197. The van der Waals surface area contributed by atoms with Gasteiger partial charge in [0.2, 0.25) is 5.95 Å². The molecule has 0 unspecified atom stereocenters. The maximum absolute atomic E-state index is 12.1. The van der Waals surface area contributed by atoms with Crippen molar-refractivity contribution in [2.75, 3.05) is 10.6 Å². The van der Waals surface area contributed by atoms with Crippen LogP contribution in [0.3, 0.4) is 0 Å². The van der Waals surface area contributed by atoms with Crippen molar-refractivity contribution in [2.45, 2.75) is 25.8 Å². The van der Waals surface area contributed by atoms with Crippen LogP contribution in [0.25, 0.3) is 0 Å². The first-order chi connectivity index (χ1) is 9.72. The fraction of sp³-hybridized carbons (Fsp3) is 0.267. The molecule has 102 valence electrons. The van der Waals surface area contributed by atoms with Crippen LogP contribution in [0.2, 0.25) is 0 Å². The molecule has 0 bridgehead atoms. The molecule has 5 heteroatoms. The SMILES string of the molecule is Cc1ccccc1NC(=O)c1cnc(NC2CC2)nc1. The minimum atomic E-state index is -0.197. The lowest BCUT2D eigenvalue weighted by Crippen LogP contribution is -2.14. The Hall–Kier alpha value is -2.43. The van der Waals surface area contributed by atoms with Gasteiger partial charge in [-0.2, -0.15) is 0 Å². The zero-order valence-electron chi connectivity index (χ0n) is 11.3. The zero-order chi connectivity index (χ0) is 13.9. The first kappa shape index (κ1) is 12.6. The number of rotatable bonds is 4. The van der Waals surface area contributed by atoms with Crippen molar-refractivity contribution in [3.63, 3.8) is 0 Å². The standard InChI is InChI=1S/C15H16N4O/c1-10-4-2-3-5-13(10)19-14(20)11-8-16-15(17-9-11)18-12-6-7-12/h2-5,8-9,12H,6-7H2,1H3,(H,19,20)(H,16,17,18). The number of anilines is 2. The highest BCUT2D eigenvalue weighted by Gasteiger charge is 2.21. The quantitative estimate of drug-likeness (QED) is 0.894. The van der Waals surface area contributed by atoms with Crippen molar-refractivity contribution in [1.82, 2.24) is 9.97 Å². The van der Waals surface area contributed by atoms with Gasteiger partial charge in [0, 0.05) is 24.1 Å². The van der Waals surface area contributed by atoms with E-state index in [1.807, 2.05) is 31.2 Å². The van der Waals surface area contributed by atoms with E-state index in [4.69, 9.17) is 0 Å². The van der Waals surface area contributed by atoms with Crippen LogP contribution in [-0.4, -0.2) is 21.9 Å². The molecule has 1 heterocycles. The summed E-state index contributed by atoms with van der Waals surface area (Å²) in [4.78, 5) is 20.4. The number of hydrogen-bond donors (Lipinski definition) is 2. The Labute approximate surface area is 117 Å². The third kappa shape index (κ3) is 2.93. The van der Waals surface area contributed by atoms with Crippen LogP contribution >= 0.6 is 0 Å². The van der Waals surface area contributed by atoms with E-state index in [2.05, 4.69) is 20.6 Å². The van der Waals surface area contributed by atoms with Gasteiger partial charge >= 0.3 is 0 Å². The summed E-state index contributed by atoms with van der Waals surface area (Å²) in [5.74, 6) is 0.386. The molecular weight excluding hydrogens is 252 g/mol. The van der Waals surface area contributed by atoms with E-state index in [1.165, 1.54) is 12.8 Å². The molecule has 20 heavy (non-hydrogen) atoms. The maximum atomic E-state index is 12.1. The van der Waals surface area contributed by atoms with E-state index in [1.54, 1.807) is 12.4 Å². The third-order valence-corrected chi connectivity index (χ3v) is 3.22. The van der Waals surface area contributed by atoms with Gasteiger partial charge in [-0.1, -0.05) is 18.2 Å². The largest absolute Gasteiger partial charge is 0.351 e. The topological polar surface area (TPSA) is 66.9 Å². The monoisotopic (exact) mass is 268 g/mol. The molecule has 0 spiro atoms. The van der Waals surface area contributed by atoms with E-state index < -0.39 is 0 Å². The Balaban J connectivity index is 1.68. The van der Waals surface area contributed by atoms with Crippen molar-refractivity contribution < 1.29 is 4.79 Å². The van der Waals surface area contributed by atoms with Crippen LogP contribution in [0, 0.1) is 6.92 Å². The Kier molecular flexibility index (Phi) is 3.33. The summed E-state index contributed by atoms with van der Waals surface area (Å²) in [5, 5.41) is 6.05. The number of hydrogen-bond acceptors (Lipinski definition) is 4. The third-order valence-electron chi connectivity index (χ3n) is 3.22. The Morgan fingerprint density at radius 2 is 1.90 bits per heavy atom. The molecule has 1 aromatic heterocycles. The number of aryl methyl sites for hydroxylation is 1. The van der Waals surface area contributed by atoms with Crippen LogP contribution in [0.4, 0.5) is 11.6 Å². The van der Waals surface area contributed by atoms with Crippen molar-refractivity contribution >= 4 is 17.5 Å². The summed E-state index contributed by atoms with van der Waals surface area (Å²) >= 11 is 0. The van der Waals surface area contributed by atoms with Gasteiger partial charge in [0.25, 0.3) is 5.91 Å². The van der Waals surface area contributed by atoms with Gasteiger partial charge in [-0.3, -0.25) is 4.79 Å².